The maximum absolute atomic E-state index is 13.2. The number of anilines is 1. The van der Waals surface area contributed by atoms with Crippen molar-refractivity contribution >= 4 is 22.4 Å². The number of nitrogens with zero attached hydrogens (tertiary/aromatic N) is 2. The number of hydrogen-bond donors (Lipinski definition) is 0. The van der Waals surface area contributed by atoms with Crippen LogP contribution in [0, 0.1) is 0 Å². The summed E-state index contributed by atoms with van der Waals surface area (Å²) in [6.45, 7) is 0.553. The number of benzene rings is 3. The van der Waals surface area contributed by atoms with Crippen LogP contribution in [0.2, 0.25) is 0 Å². The van der Waals surface area contributed by atoms with Gasteiger partial charge in [-0.1, -0.05) is 24.3 Å². The summed E-state index contributed by atoms with van der Waals surface area (Å²) in [5.74, 6) is 0.365. The summed E-state index contributed by atoms with van der Waals surface area (Å²) in [4.78, 5) is 28.3. The van der Waals surface area contributed by atoms with Gasteiger partial charge in [0.1, 0.15) is 5.75 Å². The molecule has 0 saturated heterocycles. The predicted molar refractivity (Wildman–Crippen MR) is 125 cm³/mol. The van der Waals surface area contributed by atoms with Gasteiger partial charge in [-0.3, -0.25) is 9.59 Å². The van der Waals surface area contributed by atoms with Crippen LogP contribution in [0.15, 0.2) is 83.8 Å². The van der Waals surface area contributed by atoms with Crippen LogP contribution in [0.3, 0.4) is 0 Å². The molecule has 1 aromatic heterocycles. The number of para-hydroxylation sites is 1. The molecular formula is C26H24N2O3. The van der Waals surface area contributed by atoms with Crippen molar-refractivity contribution in [3.8, 4) is 5.75 Å². The van der Waals surface area contributed by atoms with E-state index in [4.69, 9.17) is 4.74 Å². The number of carbonyl (C=O) groups excluding carboxylic acids is 1. The molecule has 3 aromatic carbocycles. The first-order valence-electron chi connectivity index (χ1n) is 10.0. The van der Waals surface area contributed by atoms with Crippen molar-refractivity contribution < 1.29 is 9.53 Å². The first-order valence-corrected chi connectivity index (χ1v) is 10.0. The van der Waals surface area contributed by atoms with Gasteiger partial charge in [0.05, 0.1) is 18.2 Å². The smallest absolute Gasteiger partial charge is 0.200 e. The molecule has 156 valence electrons. The zero-order valence-electron chi connectivity index (χ0n) is 17.8. The third-order valence-corrected chi connectivity index (χ3v) is 5.39. The summed E-state index contributed by atoms with van der Waals surface area (Å²) in [6, 6.07) is 22.5. The number of carbonyl (C=O) groups is 1. The highest BCUT2D eigenvalue weighted by atomic mass is 16.5. The normalized spacial score (nSPS) is 10.8. The number of pyridine rings is 1. The summed E-state index contributed by atoms with van der Waals surface area (Å²) < 4.78 is 7.13. The van der Waals surface area contributed by atoms with Crippen molar-refractivity contribution in [3.05, 3.63) is 106 Å². The van der Waals surface area contributed by atoms with Crippen molar-refractivity contribution in [1.82, 2.24) is 4.57 Å². The minimum absolute atomic E-state index is 0.161. The first-order chi connectivity index (χ1) is 15.0. The SMILES string of the molecule is COc1ccc(C(=O)c2cn(Cc3ccc(N(C)C)cc3)c3ccccc3c2=O)cc1. The lowest BCUT2D eigenvalue weighted by atomic mass is 10.0. The maximum Gasteiger partial charge on any atom is 0.200 e. The lowest BCUT2D eigenvalue weighted by Gasteiger charge is -2.15. The second-order valence-electron chi connectivity index (χ2n) is 7.64. The quantitative estimate of drug-likeness (QED) is 0.442. The number of fused-ring (bicyclic) bond motifs is 1. The summed E-state index contributed by atoms with van der Waals surface area (Å²) in [5, 5.41) is 0.534. The molecule has 0 aliphatic rings. The van der Waals surface area contributed by atoms with Gasteiger partial charge in [-0.2, -0.15) is 0 Å². The van der Waals surface area contributed by atoms with E-state index in [1.807, 2.05) is 41.8 Å². The fraction of sp³-hybridized carbons (Fsp3) is 0.154. The fourth-order valence-electron chi connectivity index (χ4n) is 3.63. The monoisotopic (exact) mass is 412 g/mol. The second kappa shape index (κ2) is 8.48. The molecule has 0 radical (unpaired) electrons. The third-order valence-electron chi connectivity index (χ3n) is 5.39. The Morgan fingerprint density at radius 3 is 2.26 bits per heavy atom. The molecular weight excluding hydrogens is 388 g/mol. The van der Waals surface area contributed by atoms with Gasteiger partial charge in [0.25, 0.3) is 0 Å². The second-order valence-corrected chi connectivity index (χ2v) is 7.64. The standard InChI is InChI=1S/C26H24N2O3/c1-27(2)20-12-8-18(9-13-20)16-28-17-23(26(30)22-6-4-5-7-24(22)28)25(29)19-10-14-21(31-3)15-11-19/h4-15,17H,16H2,1-3H3. The highest BCUT2D eigenvalue weighted by Crippen LogP contribution is 2.19. The van der Waals surface area contributed by atoms with Crippen molar-refractivity contribution in [1.29, 1.82) is 0 Å². The Hall–Kier alpha value is -3.86. The zero-order valence-corrected chi connectivity index (χ0v) is 17.8. The number of methoxy groups -OCH3 is 1. The van der Waals surface area contributed by atoms with Crippen molar-refractivity contribution in [2.75, 3.05) is 26.1 Å². The molecule has 0 unspecified atom stereocenters. The Kier molecular flexibility index (Phi) is 5.58. The van der Waals surface area contributed by atoms with E-state index in [0.717, 1.165) is 16.8 Å². The molecule has 0 aliphatic carbocycles. The van der Waals surface area contributed by atoms with Crippen LogP contribution in [-0.2, 0) is 6.54 Å². The molecule has 0 bridgehead atoms. The molecule has 4 aromatic rings. The lowest BCUT2D eigenvalue weighted by molar-refractivity contribution is 0.103. The van der Waals surface area contributed by atoms with Gasteiger partial charge < -0.3 is 14.2 Å². The van der Waals surface area contributed by atoms with E-state index >= 15 is 0 Å². The van der Waals surface area contributed by atoms with Gasteiger partial charge in [-0.05, 0) is 54.1 Å². The van der Waals surface area contributed by atoms with Crippen LogP contribution in [-0.4, -0.2) is 31.6 Å². The van der Waals surface area contributed by atoms with Crippen LogP contribution >= 0.6 is 0 Å². The molecule has 0 saturated carbocycles. The Bertz CT molecular complexity index is 1290. The zero-order chi connectivity index (χ0) is 22.0. The summed E-state index contributed by atoms with van der Waals surface area (Å²) >= 11 is 0. The first kappa shape index (κ1) is 20.4. The molecule has 0 amide bonds. The van der Waals surface area contributed by atoms with E-state index in [1.165, 1.54) is 0 Å². The topological polar surface area (TPSA) is 51.5 Å². The van der Waals surface area contributed by atoms with E-state index in [1.54, 1.807) is 43.6 Å². The van der Waals surface area contributed by atoms with E-state index < -0.39 is 0 Å². The lowest BCUT2D eigenvalue weighted by Crippen LogP contribution is -2.20. The van der Waals surface area contributed by atoms with Crippen LogP contribution in [0.25, 0.3) is 10.9 Å². The minimum atomic E-state index is -0.296. The van der Waals surface area contributed by atoms with Gasteiger partial charge in [0, 0.05) is 43.5 Å². The van der Waals surface area contributed by atoms with E-state index in [-0.39, 0.29) is 16.8 Å². The number of hydrogen-bond acceptors (Lipinski definition) is 4. The Balaban J connectivity index is 1.79. The van der Waals surface area contributed by atoms with Gasteiger partial charge in [0.15, 0.2) is 5.78 Å². The maximum atomic E-state index is 13.2. The fourth-order valence-corrected chi connectivity index (χ4v) is 3.63. The van der Waals surface area contributed by atoms with Gasteiger partial charge in [-0.15, -0.1) is 0 Å². The molecule has 0 fully saturated rings. The molecule has 5 nitrogen and oxygen atoms in total. The van der Waals surface area contributed by atoms with Crippen LogP contribution in [0.5, 0.6) is 5.75 Å². The van der Waals surface area contributed by atoms with E-state index in [2.05, 4.69) is 24.3 Å². The third kappa shape index (κ3) is 4.08. The van der Waals surface area contributed by atoms with Crippen molar-refractivity contribution in [3.63, 3.8) is 0 Å². The van der Waals surface area contributed by atoms with Crippen LogP contribution in [0.4, 0.5) is 5.69 Å². The molecule has 0 spiro atoms. The molecule has 1 heterocycles. The molecule has 31 heavy (non-hydrogen) atoms. The van der Waals surface area contributed by atoms with Crippen molar-refractivity contribution in [2.24, 2.45) is 0 Å². The average molecular weight is 412 g/mol. The highest BCUT2D eigenvalue weighted by molar-refractivity contribution is 6.10. The molecule has 4 rings (SSSR count). The van der Waals surface area contributed by atoms with Crippen molar-refractivity contribution in [2.45, 2.75) is 6.54 Å². The Morgan fingerprint density at radius 1 is 0.935 bits per heavy atom. The summed E-state index contributed by atoms with van der Waals surface area (Å²) in [6.07, 6.45) is 1.68. The average Bonchev–Trinajstić information content (AvgIpc) is 2.81. The molecule has 0 N–H and O–H groups in total. The van der Waals surface area contributed by atoms with Gasteiger partial charge in [0.2, 0.25) is 5.43 Å². The summed E-state index contributed by atoms with van der Waals surface area (Å²) in [5.41, 5.74) is 3.36. The molecule has 0 atom stereocenters. The Labute approximate surface area is 181 Å². The van der Waals surface area contributed by atoms with E-state index in [0.29, 0.717) is 23.2 Å². The number of ether oxygens (including phenoxy) is 1. The number of aromatic nitrogens is 1. The number of rotatable bonds is 6. The highest BCUT2D eigenvalue weighted by Gasteiger charge is 2.17. The molecule has 0 aliphatic heterocycles. The van der Waals surface area contributed by atoms with Gasteiger partial charge in [-0.25, -0.2) is 0 Å². The molecule has 5 heteroatoms. The van der Waals surface area contributed by atoms with E-state index in [9.17, 15) is 9.59 Å². The largest absolute Gasteiger partial charge is 0.497 e. The minimum Gasteiger partial charge on any atom is -0.497 e. The van der Waals surface area contributed by atoms with Gasteiger partial charge >= 0.3 is 0 Å². The Morgan fingerprint density at radius 2 is 1.61 bits per heavy atom. The predicted octanol–water partition coefficient (Wildman–Crippen LogP) is 4.36. The van der Waals surface area contributed by atoms with Crippen LogP contribution < -0.4 is 15.1 Å². The van der Waals surface area contributed by atoms with Crippen LogP contribution in [0.1, 0.15) is 21.5 Å². The number of ketones is 1. The summed E-state index contributed by atoms with van der Waals surface area (Å²) in [7, 11) is 5.58.